The Bertz CT molecular complexity index is 735. The van der Waals surface area contributed by atoms with Gasteiger partial charge in [-0.3, -0.25) is 9.59 Å². The summed E-state index contributed by atoms with van der Waals surface area (Å²) in [6, 6.07) is 14.2. The molecule has 3 N–H and O–H groups in total. The van der Waals surface area contributed by atoms with Crippen LogP contribution in [0.2, 0.25) is 0 Å². The molecule has 2 aromatic carbocycles. The van der Waals surface area contributed by atoms with Crippen molar-refractivity contribution in [3.63, 3.8) is 0 Å². The fraction of sp³-hybridized carbons (Fsp3) is 0.222. The van der Waals surface area contributed by atoms with Crippen molar-refractivity contribution in [1.29, 1.82) is 0 Å². The Labute approximate surface area is 139 Å². The Hall–Kier alpha value is -2.86. The van der Waals surface area contributed by atoms with E-state index in [1.165, 1.54) is 0 Å². The molecule has 0 radical (unpaired) electrons. The van der Waals surface area contributed by atoms with Crippen LogP contribution >= 0.6 is 0 Å². The van der Waals surface area contributed by atoms with E-state index in [2.05, 4.69) is 10.6 Å². The molecule has 1 aliphatic rings. The van der Waals surface area contributed by atoms with Crippen LogP contribution in [0.1, 0.15) is 15.9 Å². The predicted octanol–water partition coefficient (Wildman–Crippen LogP) is 1.35. The monoisotopic (exact) mass is 326 g/mol. The molecule has 0 bridgehead atoms. The van der Waals surface area contributed by atoms with Gasteiger partial charge in [0.2, 0.25) is 0 Å². The van der Waals surface area contributed by atoms with E-state index in [4.69, 9.17) is 9.84 Å². The largest absolute Gasteiger partial charge is 0.480 e. The normalized spacial score (nSPS) is 15.3. The van der Waals surface area contributed by atoms with Crippen molar-refractivity contribution in [2.75, 3.05) is 18.5 Å². The summed E-state index contributed by atoms with van der Waals surface area (Å²) in [5.74, 6) is 0.179. The molecule has 24 heavy (non-hydrogen) atoms. The van der Waals surface area contributed by atoms with Crippen molar-refractivity contribution in [2.45, 2.75) is 12.5 Å². The van der Waals surface area contributed by atoms with Gasteiger partial charge in [0.05, 0.1) is 6.61 Å². The van der Waals surface area contributed by atoms with Crippen LogP contribution in [0.3, 0.4) is 0 Å². The number of anilines is 1. The quantitative estimate of drug-likeness (QED) is 0.774. The van der Waals surface area contributed by atoms with Gasteiger partial charge >= 0.3 is 0 Å². The lowest BCUT2D eigenvalue weighted by atomic mass is 10.1. The van der Waals surface area contributed by atoms with Crippen LogP contribution in [0.4, 0.5) is 5.69 Å². The Morgan fingerprint density at radius 1 is 1.17 bits per heavy atom. The van der Waals surface area contributed by atoms with E-state index in [0.717, 1.165) is 11.3 Å². The average Bonchev–Trinajstić information content (AvgIpc) is 3.04. The minimum atomic E-state index is -0.575. The lowest BCUT2D eigenvalue weighted by molar-refractivity contribution is -0.122. The molecular formula is C18H18N2O4. The van der Waals surface area contributed by atoms with E-state index in [9.17, 15) is 9.59 Å². The molecule has 0 fully saturated rings. The highest BCUT2D eigenvalue weighted by Crippen LogP contribution is 2.28. The standard InChI is InChI=1S/C18H18N2O4/c21-9-8-19-17(22)13-5-3-6-14(10-13)20-18(23)16-11-12-4-1-2-7-15(12)24-16/h1-7,10,16,21H,8-9,11H2,(H,19,22)(H,20,23). The van der Waals surface area contributed by atoms with Crippen molar-refractivity contribution in [1.82, 2.24) is 5.32 Å². The number of amides is 2. The molecule has 124 valence electrons. The zero-order chi connectivity index (χ0) is 16.9. The zero-order valence-corrected chi connectivity index (χ0v) is 13.0. The van der Waals surface area contributed by atoms with Crippen LogP contribution < -0.4 is 15.4 Å². The summed E-state index contributed by atoms with van der Waals surface area (Å²) in [4.78, 5) is 24.3. The number of ether oxygens (including phenoxy) is 1. The van der Waals surface area contributed by atoms with E-state index in [-0.39, 0.29) is 25.0 Å². The van der Waals surface area contributed by atoms with Crippen LogP contribution in [0.15, 0.2) is 48.5 Å². The van der Waals surface area contributed by atoms with Crippen LogP contribution in [0.5, 0.6) is 5.75 Å². The van der Waals surface area contributed by atoms with Crippen LogP contribution in [-0.2, 0) is 11.2 Å². The summed E-state index contributed by atoms with van der Waals surface area (Å²) in [5.41, 5.74) is 1.95. The minimum Gasteiger partial charge on any atom is -0.480 e. The second kappa shape index (κ2) is 7.14. The molecule has 3 rings (SSSR count). The predicted molar refractivity (Wildman–Crippen MR) is 89.1 cm³/mol. The fourth-order valence-corrected chi connectivity index (χ4v) is 2.56. The van der Waals surface area contributed by atoms with Crippen molar-refractivity contribution in [3.05, 3.63) is 59.7 Å². The second-order valence-electron chi connectivity index (χ2n) is 5.47. The first-order valence-electron chi connectivity index (χ1n) is 7.72. The summed E-state index contributed by atoms with van der Waals surface area (Å²) in [6.07, 6.45) is -0.0483. The summed E-state index contributed by atoms with van der Waals surface area (Å²) < 4.78 is 5.65. The highest BCUT2D eigenvalue weighted by molar-refractivity contribution is 5.98. The Morgan fingerprint density at radius 2 is 2.00 bits per heavy atom. The summed E-state index contributed by atoms with van der Waals surface area (Å²) in [5, 5.41) is 14.1. The molecule has 0 saturated carbocycles. The van der Waals surface area contributed by atoms with Crippen molar-refractivity contribution >= 4 is 17.5 Å². The fourth-order valence-electron chi connectivity index (χ4n) is 2.56. The number of carbonyl (C=O) groups is 2. The Balaban J connectivity index is 1.64. The third kappa shape index (κ3) is 3.55. The molecule has 0 spiro atoms. The summed E-state index contributed by atoms with van der Waals surface area (Å²) >= 11 is 0. The van der Waals surface area contributed by atoms with Crippen LogP contribution in [0.25, 0.3) is 0 Å². The van der Waals surface area contributed by atoms with Crippen molar-refractivity contribution in [2.24, 2.45) is 0 Å². The average molecular weight is 326 g/mol. The lowest BCUT2D eigenvalue weighted by Crippen LogP contribution is -2.31. The van der Waals surface area contributed by atoms with Gasteiger partial charge in [-0.05, 0) is 29.8 Å². The summed E-state index contributed by atoms with van der Waals surface area (Å²) in [7, 11) is 0. The number of hydrogen-bond acceptors (Lipinski definition) is 4. The molecule has 0 saturated heterocycles. The molecule has 6 heteroatoms. The van der Waals surface area contributed by atoms with Crippen molar-refractivity contribution < 1.29 is 19.4 Å². The van der Waals surface area contributed by atoms with Gasteiger partial charge in [0, 0.05) is 24.2 Å². The SMILES string of the molecule is O=C(NCCO)c1cccc(NC(=O)C2Cc3ccccc3O2)c1. The molecule has 1 heterocycles. The number of aliphatic hydroxyl groups excluding tert-OH is 1. The van der Waals surface area contributed by atoms with Gasteiger partial charge in [-0.15, -0.1) is 0 Å². The molecule has 2 amide bonds. The molecular weight excluding hydrogens is 308 g/mol. The molecule has 1 aliphatic heterocycles. The number of para-hydroxylation sites is 1. The molecule has 0 aromatic heterocycles. The maximum absolute atomic E-state index is 12.4. The molecule has 1 unspecified atom stereocenters. The molecule has 6 nitrogen and oxygen atoms in total. The van der Waals surface area contributed by atoms with Crippen LogP contribution in [0, 0.1) is 0 Å². The third-order valence-corrected chi connectivity index (χ3v) is 3.73. The van der Waals surface area contributed by atoms with Gasteiger partial charge in [-0.1, -0.05) is 24.3 Å². The van der Waals surface area contributed by atoms with E-state index < -0.39 is 6.10 Å². The first-order valence-corrected chi connectivity index (χ1v) is 7.72. The van der Waals surface area contributed by atoms with E-state index >= 15 is 0 Å². The Kier molecular flexibility index (Phi) is 4.77. The van der Waals surface area contributed by atoms with Gasteiger partial charge in [0.1, 0.15) is 5.75 Å². The number of nitrogens with one attached hydrogen (secondary N) is 2. The van der Waals surface area contributed by atoms with Gasteiger partial charge in [-0.25, -0.2) is 0 Å². The number of hydrogen-bond donors (Lipinski definition) is 3. The van der Waals surface area contributed by atoms with Gasteiger partial charge < -0.3 is 20.5 Å². The first-order chi connectivity index (χ1) is 11.7. The lowest BCUT2D eigenvalue weighted by Gasteiger charge is -2.12. The molecule has 1 atom stereocenters. The highest BCUT2D eigenvalue weighted by atomic mass is 16.5. The van der Waals surface area contributed by atoms with Crippen LogP contribution in [-0.4, -0.2) is 36.2 Å². The maximum Gasteiger partial charge on any atom is 0.265 e. The second-order valence-corrected chi connectivity index (χ2v) is 5.47. The highest BCUT2D eigenvalue weighted by Gasteiger charge is 2.28. The number of benzene rings is 2. The third-order valence-electron chi connectivity index (χ3n) is 3.73. The minimum absolute atomic E-state index is 0.123. The zero-order valence-electron chi connectivity index (χ0n) is 13.0. The topological polar surface area (TPSA) is 87.7 Å². The van der Waals surface area contributed by atoms with E-state index in [0.29, 0.717) is 17.7 Å². The maximum atomic E-state index is 12.4. The summed E-state index contributed by atoms with van der Waals surface area (Å²) in [6.45, 7) is 0.0609. The number of fused-ring (bicyclic) bond motifs is 1. The van der Waals surface area contributed by atoms with E-state index in [1.54, 1.807) is 24.3 Å². The van der Waals surface area contributed by atoms with Crippen molar-refractivity contribution in [3.8, 4) is 5.75 Å². The van der Waals surface area contributed by atoms with Gasteiger partial charge in [0.25, 0.3) is 11.8 Å². The van der Waals surface area contributed by atoms with Gasteiger partial charge in [0.15, 0.2) is 6.10 Å². The first kappa shape index (κ1) is 16.0. The van der Waals surface area contributed by atoms with Gasteiger partial charge in [-0.2, -0.15) is 0 Å². The number of carbonyl (C=O) groups excluding carboxylic acids is 2. The number of rotatable bonds is 5. The smallest absolute Gasteiger partial charge is 0.265 e. The van der Waals surface area contributed by atoms with E-state index in [1.807, 2.05) is 24.3 Å². The molecule has 2 aromatic rings. The number of aliphatic hydroxyl groups is 1. The Morgan fingerprint density at radius 3 is 2.79 bits per heavy atom. The molecule has 0 aliphatic carbocycles.